The molecule has 4 N–H and O–H groups in total. The van der Waals surface area contributed by atoms with Crippen molar-refractivity contribution in [2.24, 2.45) is 11.7 Å². The van der Waals surface area contributed by atoms with E-state index in [9.17, 15) is 9.59 Å². The van der Waals surface area contributed by atoms with Crippen molar-refractivity contribution in [3.63, 3.8) is 0 Å². The monoisotopic (exact) mass is 309 g/mol. The van der Waals surface area contributed by atoms with Gasteiger partial charge in [0.15, 0.2) is 0 Å². The van der Waals surface area contributed by atoms with Gasteiger partial charge in [-0.1, -0.05) is 24.9 Å². The van der Waals surface area contributed by atoms with Crippen LogP contribution in [0.15, 0.2) is 18.2 Å². The number of benzene rings is 1. The van der Waals surface area contributed by atoms with E-state index >= 15 is 0 Å². The molecule has 6 heteroatoms. The third-order valence-electron chi connectivity index (χ3n) is 3.91. The highest BCUT2D eigenvalue weighted by Gasteiger charge is 2.26. The lowest BCUT2D eigenvalue weighted by molar-refractivity contribution is -0.119. The first kappa shape index (κ1) is 15.8. The van der Waals surface area contributed by atoms with Crippen LogP contribution in [0.5, 0.6) is 0 Å². The Morgan fingerprint density at radius 3 is 2.86 bits per heavy atom. The van der Waals surface area contributed by atoms with E-state index in [4.69, 9.17) is 17.3 Å². The number of rotatable bonds is 4. The molecule has 2 atom stereocenters. The molecule has 2 rings (SSSR count). The lowest BCUT2D eigenvalue weighted by atomic mass is 9.90. The van der Waals surface area contributed by atoms with Gasteiger partial charge in [-0.15, -0.1) is 0 Å². The Labute approximate surface area is 129 Å². The second-order valence-corrected chi connectivity index (χ2v) is 5.76. The predicted molar refractivity (Wildman–Crippen MR) is 83.4 cm³/mol. The van der Waals surface area contributed by atoms with Crippen molar-refractivity contribution in [1.82, 2.24) is 5.32 Å². The zero-order chi connectivity index (χ0) is 15.4. The summed E-state index contributed by atoms with van der Waals surface area (Å²) in [5, 5.41) is 6.29. The van der Waals surface area contributed by atoms with Gasteiger partial charge in [0.05, 0.1) is 16.6 Å². The summed E-state index contributed by atoms with van der Waals surface area (Å²) in [6.45, 7) is 3.01. The molecule has 1 fully saturated rings. The van der Waals surface area contributed by atoms with Crippen LogP contribution in [-0.2, 0) is 4.79 Å². The van der Waals surface area contributed by atoms with E-state index in [0.717, 1.165) is 25.8 Å². The van der Waals surface area contributed by atoms with E-state index in [-0.39, 0.29) is 22.5 Å². The van der Waals surface area contributed by atoms with E-state index in [1.165, 1.54) is 6.07 Å². The van der Waals surface area contributed by atoms with Gasteiger partial charge in [-0.2, -0.15) is 0 Å². The van der Waals surface area contributed by atoms with E-state index < -0.39 is 5.91 Å². The zero-order valence-corrected chi connectivity index (χ0v) is 12.7. The lowest BCUT2D eigenvalue weighted by Gasteiger charge is -2.28. The van der Waals surface area contributed by atoms with Gasteiger partial charge < -0.3 is 16.4 Å². The molecule has 1 aromatic rings. The van der Waals surface area contributed by atoms with Gasteiger partial charge in [0.25, 0.3) is 0 Å². The molecule has 5 nitrogen and oxygen atoms in total. The second-order valence-electron chi connectivity index (χ2n) is 5.35. The molecule has 1 heterocycles. The first-order valence-corrected chi connectivity index (χ1v) is 7.52. The maximum Gasteiger partial charge on any atom is 0.250 e. The SMILES string of the molecule is CCC1CCNC(C(=O)Nc2ccc(C(N)=O)c(Cl)c2)C1. The molecule has 1 aliphatic heterocycles. The summed E-state index contributed by atoms with van der Waals surface area (Å²) in [6.07, 6.45) is 3.04. The van der Waals surface area contributed by atoms with Gasteiger partial charge in [0.2, 0.25) is 11.8 Å². The molecule has 1 aliphatic rings. The molecular weight excluding hydrogens is 290 g/mol. The number of hydrogen-bond donors (Lipinski definition) is 3. The minimum atomic E-state index is -0.586. The van der Waals surface area contributed by atoms with Crippen LogP contribution in [0.3, 0.4) is 0 Å². The third-order valence-corrected chi connectivity index (χ3v) is 4.22. The topological polar surface area (TPSA) is 84.2 Å². The molecule has 114 valence electrons. The molecule has 2 amide bonds. The van der Waals surface area contributed by atoms with Crippen molar-refractivity contribution in [2.45, 2.75) is 32.2 Å². The molecule has 0 radical (unpaired) electrons. The van der Waals surface area contributed by atoms with Gasteiger partial charge in [-0.3, -0.25) is 9.59 Å². The maximum atomic E-state index is 12.3. The number of carbonyl (C=O) groups excluding carboxylic acids is 2. The van der Waals surface area contributed by atoms with E-state index in [1.807, 2.05) is 0 Å². The molecule has 2 unspecified atom stereocenters. The summed E-state index contributed by atoms with van der Waals surface area (Å²) < 4.78 is 0. The van der Waals surface area contributed by atoms with Crippen LogP contribution in [0.25, 0.3) is 0 Å². The highest BCUT2D eigenvalue weighted by molar-refractivity contribution is 6.34. The normalized spacial score (nSPS) is 21.8. The van der Waals surface area contributed by atoms with E-state index in [1.54, 1.807) is 12.1 Å². The maximum absolute atomic E-state index is 12.3. The number of carbonyl (C=O) groups is 2. The van der Waals surface area contributed by atoms with Gasteiger partial charge in [-0.05, 0) is 43.5 Å². The zero-order valence-electron chi connectivity index (χ0n) is 12.0. The molecule has 1 aromatic carbocycles. The molecule has 21 heavy (non-hydrogen) atoms. The number of hydrogen-bond acceptors (Lipinski definition) is 3. The summed E-state index contributed by atoms with van der Waals surface area (Å²) in [6, 6.07) is 4.51. The number of nitrogens with two attached hydrogens (primary N) is 1. The van der Waals surface area contributed by atoms with Crippen molar-refractivity contribution in [1.29, 1.82) is 0 Å². The van der Waals surface area contributed by atoms with Gasteiger partial charge in [0.1, 0.15) is 0 Å². The number of piperidine rings is 1. The smallest absolute Gasteiger partial charge is 0.250 e. The van der Waals surface area contributed by atoms with Gasteiger partial charge in [0, 0.05) is 5.69 Å². The van der Waals surface area contributed by atoms with Crippen LogP contribution in [0.1, 0.15) is 36.5 Å². The molecular formula is C15H20ClN3O2. The molecule has 1 saturated heterocycles. The van der Waals surface area contributed by atoms with Crippen molar-refractivity contribution in [3.8, 4) is 0 Å². The fourth-order valence-corrected chi connectivity index (χ4v) is 2.86. The standard InChI is InChI=1S/C15H20ClN3O2/c1-2-9-5-6-18-13(7-9)15(21)19-10-3-4-11(14(17)20)12(16)8-10/h3-4,8-9,13,18H,2,5-7H2,1H3,(H2,17,20)(H,19,21). The molecule has 0 saturated carbocycles. The van der Waals surface area contributed by atoms with Crippen molar-refractivity contribution < 1.29 is 9.59 Å². The van der Waals surface area contributed by atoms with Crippen LogP contribution in [-0.4, -0.2) is 24.4 Å². The average molecular weight is 310 g/mol. The first-order valence-electron chi connectivity index (χ1n) is 7.14. The highest BCUT2D eigenvalue weighted by Crippen LogP contribution is 2.23. The van der Waals surface area contributed by atoms with Crippen molar-refractivity contribution >= 4 is 29.1 Å². The largest absolute Gasteiger partial charge is 0.366 e. The quantitative estimate of drug-likeness (QED) is 0.797. The Morgan fingerprint density at radius 2 is 2.24 bits per heavy atom. The van der Waals surface area contributed by atoms with Gasteiger partial charge in [-0.25, -0.2) is 0 Å². The summed E-state index contributed by atoms with van der Waals surface area (Å²) in [7, 11) is 0. The van der Waals surface area contributed by atoms with Crippen LogP contribution in [0, 0.1) is 5.92 Å². The van der Waals surface area contributed by atoms with E-state index in [0.29, 0.717) is 11.6 Å². The van der Waals surface area contributed by atoms with E-state index in [2.05, 4.69) is 17.6 Å². The lowest BCUT2D eigenvalue weighted by Crippen LogP contribution is -2.46. The Kier molecular flexibility index (Phi) is 5.20. The number of anilines is 1. The molecule has 0 aliphatic carbocycles. The van der Waals surface area contributed by atoms with Crippen LogP contribution in [0.4, 0.5) is 5.69 Å². The number of nitrogens with one attached hydrogen (secondary N) is 2. The number of primary amides is 1. The van der Waals surface area contributed by atoms with Gasteiger partial charge >= 0.3 is 0 Å². The molecule has 0 spiro atoms. The van der Waals surface area contributed by atoms with Crippen LogP contribution >= 0.6 is 11.6 Å². The highest BCUT2D eigenvalue weighted by atomic mass is 35.5. The minimum Gasteiger partial charge on any atom is -0.366 e. The summed E-state index contributed by atoms with van der Waals surface area (Å²) >= 11 is 5.97. The average Bonchev–Trinajstić information content (AvgIpc) is 2.47. The van der Waals surface area contributed by atoms with Crippen LogP contribution < -0.4 is 16.4 Å². The number of amides is 2. The summed E-state index contributed by atoms with van der Waals surface area (Å²) in [4.78, 5) is 23.4. The van der Waals surface area contributed by atoms with Crippen LogP contribution in [0.2, 0.25) is 5.02 Å². The third kappa shape index (κ3) is 3.95. The summed E-state index contributed by atoms with van der Waals surface area (Å²) in [5.74, 6) is -0.0727. The summed E-state index contributed by atoms with van der Waals surface area (Å²) in [5.41, 5.74) is 6.00. The van der Waals surface area contributed by atoms with Crippen molar-refractivity contribution in [3.05, 3.63) is 28.8 Å². The van der Waals surface area contributed by atoms with Crippen molar-refractivity contribution in [2.75, 3.05) is 11.9 Å². The molecule has 0 aromatic heterocycles. The fourth-order valence-electron chi connectivity index (χ4n) is 2.59. The molecule has 0 bridgehead atoms. The Bertz CT molecular complexity index is 548. The fraction of sp³-hybridized carbons (Fsp3) is 0.467. The minimum absolute atomic E-state index is 0.0731. The number of halogens is 1. The Balaban J connectivity index is 2.02. The first-order chi connectivity index (χ1) is 10.0. The predicted octanol–water partition coefficient (Wildman–Crippen LogP) is 2.16. The Morgan fingerprint density at radius 1 is 1.48 bits per heavy atom. The Hall–Kier alpha value is -1.59. The second kappa shape index (κ2) is 6.91.